The predicted molar refractivity (Wildman–Crippen MR) is 82.7 cm³/mol. The van der Waals surface area contributed by atoms with Gasteiger partial charge in [0.25, 0.3) is 0 Å². The molecule has 0 unspecified atom stereocenters. The minimum absolute atomic E-state index is 0.206. The van der Waals surface area contributed by atoms with Crippen LogP contribution in [0.4, 0.5) is 0 Å². The summed E-state index contributed by atoms with van der Waals surface area (Å²) >= 11 is 1.09. The first kappa shape index (κ1) is 15.7. The maximum absolute atomic E-state index is 11.1. The number of benzene rings is 1. The first-order chi connectivity index (χ1) is 10.6. The van der Waals surface area contributed by atoms with Gasteiger partial charge < -0.3 is 9.84 Å². The highest BCUT2D eigenvalue weighted by molar-refractivity contribution is 7.17. The van der Waals surface area contributed by atoms with E-state index in [0.717, 1.165) is 11.3 Å². The van der Waals surface area contributed by atoms with Crippen LogP contribution in [0.15, 0.2) is 18.2 Å². The molecule has 22 heavy (non-hydrogen) atoms. The molecule has 0 saturated heterocycles. The molecule has 6 heteroatoms. The number of hydrogen-bond donors (Lipinski definition) is 1. The lowest BCUT2D eigenvalue weighted by molar-refractivity contribution is 0.0701. The number of rotatable bonds is 3. The van der Waals surface area contributed by atoms with Crippen LogP contribution in [0, 0.1) is 30.1 Å². The molecule has 0 fully saturated rings. The van der Waals surface area contributed by atoms with E-state index in [2.05, 4.69) is 22.9 Å². The molecule has 5 nitrogen and oxygen atoms in total. The van der Waals surface area contributed by atoms with Gasteiger partial charge in [0.05, 0.1) is 11.3 Å². The zero-order chi connectivity index (χ0) is 16.1. The molecule has 0 spiro atoms. The molecule has 1 aromatic heterocycles. The Bertz CT molecular complexity index is 822. The Kier molecular flexibility index (Phi) is 4.90. The van der Waals surface area contributed by atoms with E-state index in [1.165, 1.54) is 0 Å². The molecule has 1 N–H and O–H groups in total. The first-order valence-electron chi connectivity index (χ1n) is 6.30. The van der Waals surface area contributed by atoms with Crippen molar-refractivity contribution >= 4 is 17.3 Å². The number of carboxylic acids is 1. The number of nitrogens with zero attached hydrogens (tertiary/aromatic N) is 2. The highest BCUT2D eigenvalue weighted by Gasteiger charge is 2.15. The van der Waals surface area contributed by atoms with Crippen LogP contribution in [0.5, 0.6) is 0 Å². The lowest BCUT2D eigenvalue weighted by Gasteiger charge is -2.00. The van der Waals surface area contributed by atoms with Gasteiger partial charge in [0, 0.05) is 18.2 Å². The van der Waals surface area contributed by atoms with E-state index < -0.39 is 5.97 Å². The van der Waals surface area contributed by atoms with Crippen LogP contribution < -0.4 is 0 Å². The number of thiazole rings is 1. The third kappa shape index (κ3) is 3.32. The van der Waals surface area contributed by atoms with Crippen LogP contribution >= 0.6 is 11.3 Å². The number of hydrogen-bond acceptors (Lipinski definition) is 5. The van der Waals surface area contributed by atoms with Crippen LogP contribution in [0.3, 0.4) is 0 Å². The van der Waals surface area contributed by atoms with Crippen LogP contribution in [0.2, 0.25) is 0 Å². The number of nitriles is 1. The smallest absolute Gasteiger partial charge is 0.347 e. The highest BCUT2D eigenvalue weighted by atomic mass is 32.1. The number of aryl methyl sites for hydroxylation is 1. The number of ether oxygens (including phenoxy) is 1. The molecule has 1 heterocycles. The summed E-state index contributed by atoms with van der Waals surface area (Å²) in [6.07, 6.45) is 0. The van der Waals surface area contributed by atoms with Crippen molar-refractivity contribution in [1.82, 2.24) is 4.98 Å². The molecule has 0 atom stereocenters. The first-order valence-corrected chi connectivity index (χ1v) is 7.11. The van der Waals surface area contributed by atoms with Crippen molar-refractivity contribution in [3.63, 3.8) is 0 Å². The highest BCUT2D eigenvalue weighted by Crippen LogP contribution is 2.29. The number of aromatic nitrogens is 1. The molecule has 0 aliphatic carbocycles. The quantitative estimate of drug-likeness (QED) is 0.881. The van der Waals surface area contributed by atoms with Gasteiger partial charge in [-0.1, -0.05) is 17.9 Å². The van der Waals surface area contributed by atoms with Crippen molar-refractivity contribution in [2.75, 3.05) is 13.7 Å². The average Bonchev–Trinajstić information content (AvgIpc) is 2.90. The van der Waals surface area contributed by atoms with Crippen LogP contribution in [0.25, 0.3) is 10.6 Å². The van der Waals surface area contributed by atoms with E-state index >= 15 is 0 Å². The summed E-state index contributed by atoms with van der Waals surface area (Å²) < 4.78 is 4.85. The SMILES string of the molecule is COCC#Cc1ccc(-c2nc(C)c(C(=O)O)s2)cc1C#N. The van der Waals surface area contributed by atoms with E-state index in [1.807, 2.05) is 0 Å². The molecule has 0 aliphatic rings. The number of carbonyl (C=O) groups is 1. The molecule has 110 valence electrons. The molecular weight excluding hydrogens is 300 g/mol. The second-order valence-corrected chi connectivity index (χ2v) is 5.34. The Balaban J connectivity index is 2.43. The average molecular weight is 312 g/mol. The fourth-order valence-electron chi connectivity index (χ4n) is 1.80. The molecule has 0 bridgehead atoms. The summed E-state index contributed by atoms with van der Waals surface area (Å²) in [4.78, 5) is 15.5. The largest absolute Gasteiger partial charge is 0.477 e. The molecule has 0 amide bonds. The Morgan fingerprint density at radius 1 is 1.45 bits per heavy atom. The van der Waals surface area contributed by atoms with Crippen LogP contribution in [0.1, 0.15) is 26.5 Å². The van der Waals surface area contributed by atoms with E-state index in [4.69, 9.17) is 9.84 Å². The second kappa shape index (κ2) is 6.86. The summed E-state index contributed by atoms with van der Waals surface area (Å²) in [5.41, 5.74) is 2.20. The third-order valence-electron chi connectivity index (χ3n) is 2.82. The van der Waals surface area contributed by atoms with E-state index in [0.29, 0.717) is 34.0 Å². The van der Waals surface area contributed by atoms with Crippen molar-refractivity contribution in [3.8, 4) is 28.5 Å². The van der Waals surface area contributed by atoms with E-state index in [9.17, 15) is 10.1 Å². The summed E-state index contributed by atoms with van der Waals surface area (Å²) in [7, 11) is 1.55. The maximum Gasteiger partial charge on any atom is 0.347 e. The van der Waals surface area contributed by atoms with Gasteiger partial charge in [-0.15, -0.1) is 11.3 Å². The predicted octanol–water partition coefficient (Wildman–Crippen LogP) is 2.69. The molecule has 2 rings (SSSR count). The Hall–Kier alpha value is -2.67. The molecule has 0 radical (unpaired) electrons. The third-order valence-corrected chi connectivity index (χ3v) is 4.01. The monoisotopic (exact) mass is 312 g/mol. The molecule has 2 aromatic rings. The van der Waals surface area contributed by atoms with Gasteiger partial charge in [0.1, 0.15) is 22.6 Å². The van der Waals surface area contributed by atoms with Crippen LogP contribution in [-0.4, -0.2) is 29.8 Å². The van der Waals surface area contributed by atoms with E-state index in [-0.39, 0.29) is 4.88 Å². The summed E-state index contributed by atoms with van der Waals surface area (Å²) in [6.45, 7) is 1.94. The van der Waals surface area contributed by atoms with Crippen molar-refractivity contribution in [3.05, 3.63) is 39.9 Å². The topological polar surface area (TPSA) is 83.2 Å². The second-order valence-electron chi connectivity index (χ2n) is 4.35. The Morgan fingerprint density at radius 2 is 2.23 bits per heavy atom. The van der Waals surface area contributed by atoms with Crippen molar-refractivity contribution in [1.29, 1.82) is 5.26 Å². The lowest BCUT2D eigenvalue weighted by atomic mass is 10.1. The van der Waals surface area contributed by atoms with Crippen molar-refractivity contribution in [2.24, 2.45) is 0 Å². The standard InChI is InChI=1S/C16H12N2O3S/c1-10-14(16(19)20)22-15(18-10)12-6-5-11(4-3-7-21-2)13(8-12)9-17/h5-6,8H,7H2,1-2H3,(H,19,20). The molecular formula is C16H12N2O3S. The Morgan fingerprint density at radius 3 is 2.82 bits per heavy atom. The number of aromatic carboxylic acids is 1. The van der Waals surface area contributed by atoms with Gasteiger partial charge in [0.15, 0.2) is 0 Å². The maximum atomic E-state index is 11.1. The molecule has 0 aliphatic heterocycles. The summed E-state index contributed by atoms with van der Waals surface area (Å²) in [5, 5.41) is 18.9. The van der Waals surface area contributed by atoms with Gasteiger partial charge >= 0.3 is 5.97 Å². The van der Waals surface area contributed by atoms with Gasteiger partial charge in [0.2, 0.25) is 0 Å². The zero-order valence-electron chi connectivity index (χ0n) is 12.0. The molecule has 1 aromatic carbocycles. The minimum Gasteiger partial charge on any atom is -0.477 e. The van der Waals surface area contributed by atoms with Gasteiger partial charge in [-0.05, 0) is 19.1 Å². The minimum atomic E-state index is -0.996. The Labute approximate surface area is 131 Å². The summed E-state index contributed by atoms with van der Waals surface area (Å²) in [5.74, 6) is 4.67. The van der Waals surface area contributed by atoms with Crippen molar-refractivity contribution in [2.45, 2.75) is 6.92 Å². The lowest BCUT2D eigenvalue weighted by Crippen LogP contribution is -1.94. The van der Waals surface area contributed by atoms with Gasteiger partial charge in [-0.3, -0.25) is 0 Å². The fraction of sp³-hybridized carbons (Fsp3) is 0.188. The number of methoxy groups -OCH3 is 1. The molecule has 0 saturated carbocycles. The fourth-order valence-corrected chi connectivity index (χ4v) is 2.70. The van der Waals surface area contributed by atoms with Gasteiger partial charge in [-0.25, -0.2) is 9.78 Å². The normalized spacial score (nSPS) is 9.68. The van der Waals surface area contributed by atoms with Gasteiger partial charge in [-0.2, -0.15) is 5.26 Å². The zero-order valence-corrected chi connectivity index (χ0v) is 12.8. The van der Waals surface area contributed by atoms with Crippen molar-refractivity contribution < 1.29 is 14.6 Å². The number of carboxylic acid groups (broad SMARTS) is 1. The van der Waals surface area contributed by atoms with E-state index in [1.54, 1.807) is 32.2 Å². The van der Waals surface area contributed by atoms with Crippen LogP contribution in [-0.2, 0) is 4.74 Å². The summed E-state index contributed by atoms with van der Waals surface area (Å²) in [6, 6.07) is 7.27.